The Bertz CT molecular complexity index is 712. The van der Waals surface area contributed by atoms with Crippen molar-refractivity contribution in [1.82, 2.24) is 5.32 Å². The molecule has 2 rings (SSSR count). The Kier molecular flexibility index (Phi) is 7.16. The molecule has 0 aliphatic carbocycles. The second-order valence-electron chi connectivity index (χ2n) is 5.14. The molecule has 0 aliphatic rings. The average molecular weight is 364 g/mol. The fraction of sp³-hybridized carbons (Fsp3) is 0.211. The molecule has 2 aromatic carbocycles. The van der Waals surface area contributed by atoms with Crippen LogP contribution in [0.3, 0.4) is 0 Å². The SMILES string of the molecule is CCc1ccc(OCCNC(=O)/C=C/c2ccc(Cl)cc2Cl)cc1. The molecule has 0 bridgehead atoms. The van der Waals surface area contributed by atoms with Gasteiger partial charge in [0, 0.05) is 16.1 Å². The van der Waals surface area contributed by atoms with Gasteiger partial charge in [-0.05, 0) is 47.9 Å². The zero-order chi connectivity index (χ0) is 17.4. The predicted octanol–water partition coefficient (Wildman–Crippen LogP) is 4.76. The van der Waals surface area contributed by atoms with Crippen molar-refractivity contribution in [2.75, 3.05) is 13.2 Å². The van der Waals surface area contributed by atoms with Gasteiger partial charge in [0.2, 0.25) is 5.91 Å². The maximum absolute atomic E-state index is 11.8. The van der Waals surface area contributed by atoms with Crippen LogP contribution in [-0.4, -0.2) is 19.1 Å². The van der Waals surface area contributed by atoms with Crippen molar-refractivity contribution in [1.29, 1.82) is 0 Å². The Labute approximate surface area is 152 Å². The number of carbonyl (C=O) groups excluding carboxylic acids is 1. The maximum Gasteiger partial charge on any atom is 0.244 e. The van der Waals surface area contributed by atoms with Crippen molar-refractivity contribution < 1.29 is 9.53 Å². The molecule has 1 amide bonds. The third-order valence-corrected chi connectivity index (χ3v) is 3.94. The molecule has 126 valence electrons. The average Bonchev–Trinajstić information content (AvgIpc) is 2.58. The summed E-state index contributed by atoms with van der Waals surface area (Å²) in [5.74, 6) is 0.593. The quantitative estimate of drug-likeness (QED) is 0.568. The first-order chi connectivity index (χ1) is 11.6. The molecule has 0 heterocycles. The lowest BCUT2D eigenvalue weighted by atomic mass is 10.2. The van der Waals surface area contributed by atoms with Gasteiger partial charge >= 0.3 is 0 Å². The van der Waals surface area contributed by atoms with Gasteiger partial charge < -0.3 is 10.1 Å². The van der Waals surface area contributed by atoms with Crippen LogP contribution < -0.4 is 10.1 Å². The van der Waals surface area contributed by atoms with Gasteiger partial charge in [-0.3, -0.25) is 4.79 Å². The Hall–Kier alpha value is -1.97. The normalized spacial score (nSPS) is 10.8. The molecule has 1 N–H and O–H groups in total. The van der Waals surface area contributed by atoms with Crippen molar-refractivity contribution in [2.45, 2.75) is 13.3 Å². The molecule has 5 heteroatoms. The van der Waals surface area contributed by atoms with E-state index in [9.17, 15) is 4.79 Å². The van der Waals surface area contributed by atoms with Gasteiger partial charge in [0.1, 0.15) is 12.4 Å². The van der Waals surface area contributed by atoms with Crippen molar-refractivity contribution in [3.63, 3.8) is 0 Å². The summed E-state index contributed by atoms with van der Waals surface area (Å²) in [4.78, 5) is 11.8. The highest BCUT2D eigenvalue weighted by Crippen LogP contribution is 2.21. The molecule has 0 atom stereocenters. The van der Waals surface area contributed by atoms with Gasteiger partial charge in [-0.25, -0.2) is 0 Å². The number of amides is 1. The van der Waals surface area contributed by atoms with Crippen LogP contribution in [0.5, 0.6) is 5.75 Å². The third-order valence-electron chi connectivity index (χ3n) is 3.38. The van der Waals surface area contributed by atoms with E-state index in [1.165, 1.54) is 11.6 Å². The number of hydrogen-bond acceptors (Lipinski definition) is 2. The summed E-state index contributed by atoms with van der Waals surface area (Å²) in [6.45, 7) is 2.94. The molecule has 0 radical (unpaired) electrons. The van der Waals surface area contributed by atoms with Gasteiger partial charge in [0.25, 0.3) is 0 Å². The summed E-state index contributed by atoms with van der Waals surface area (Å²) in [5.41, 5.74) is 2.00. The molecule has 2 aromatic rings. The molecule has 0 fully saturated rings. The van der Waals surface area contributed by atoms with Crippen molar-refractivity contribution in [3.8, 4) is 5.75 Å². The highest BCUT2D eigenvalue weighted by Gasteiger charge is 2.00. The minimum atomic E-state index is -0.203. The van der Waals surface area contributed by atoms with E-state index in [0.717, 1.165) is 17.7 Å². The summed E-state index contributed by atoms with van der Waals surface area (Å²) >= 11 is 11.9. The lowest BCUT2D eigenvalue weighted by molar-refractivity contribution is -0.116. The van der Waals surface area contributed by atoms with Gasteiger partial charge in [-0.2, -0.15) is 0 Å². The Morgan fingerprint density at radius 1 is 1.17 bits per heavy atom. The van der Waals surface area contributed by atoms with Gasteiger partial charge in [0.05, 0.1) is 6.54 Å². The highest BCUT2D eigenvalue weighted by molar-refractivity contribution is 6.35. The zero-order valence-electron chi connectivity index (χ0n) is 13.4. The standard InChI is InChI=1S/C19H19Cl2NO2/c1-2-14-3-8-17(9-4-14)24-12-11-22-19(23)10-6-15-5-7-16(20)13-18(15)21/h3-10,13H,2,11-12H2,1H3,(H,22,23)/b10-6+. The summed E-state index contributed by atoms with van der Waals surface area (Å²) in [5, 5.41) is 3.82. The molecular formula is C19H19Cl2NO2. The number of benzene rings is 2. The number of ether oxygens (including phenoxy) is 1. The number of nitrogens with one attached hydrogen (secondary N) is 1. The summed E-state index contributed by atoms with van der Waals surface area (Å²) in [6.07, 6.45) is 4.09. The molecule has 0 aliphatic heterocycles. The molecule has 3 nitrogen and oxygen atoms in total. The predicted molar refractivity (Wildman–Crippen MR) is 99.8 cm³/mol. The lowest BCUT2D eigenvalue weighted by Gasteiger charge is -2.07. The molecule has 0 spiro atoms. The van der Waals surface area contributed by atoms with E-state index in [1.807, 2.05) is 24.3 Å². The highest BCUT2D eigenvalue weighted by atomic mass is 35.5. The summed E-state index contributed by atoms with van der Waals surface area (Å²) < 4.78 is 5.58. The fourth-order valence-electron chi connectivity index (χ4n) is 2.03. The van der Waals surface area contributed by atoms with Crippen molar-refractivity contribution >= 4 is 35.2 Å². The molecule has 0 saturated heterocycles. The minimum Gasteiger partial charge on any atom is -0.492 e. The van der Waals surface area contributed by atoms with E-state index in [2.05, 4.69) is 12.2 Å². The van der Waals surface area contributed by atoms with Gasteiger partial charge in [-0.15, -0.1) is 0 Å². The number of hydrogen-bond donors (Lipinski definition) is 1. The summed E-state index contributed by atoms with van der Waals surface area (Å²) in [6, 6.07) is 13.1. The van der Waals surface area contributed by atoms with Crippen LogP contribution in [0.25, 0.3) is 6.08 Å². The van der Waals surface area contributed by atoms with E-state index < -0.39 is 0 Å². The van der Waals surface area contributed by atoms with Crippen molar-refractivity contribution in [3.05, 3.63) is 69.7 Å². The first-order valence-electron chi connectivity index (χ1n) is 7.71. The first kappa shape index (κ1) is 18.4. The first-order valence-corrected chi connectivity index (χ1v) is 8.47. The Balaban J connectivity index is 1.73. The minimum absolute atomic E-state index is 0.203. The fourth-order valence-corrected chi connectivity index (χ4v) is 2.50. The Morgan fingerprint density at radius 2 is 1.92 bits per heavy atom. The van der Waals surface area contributed by atoms with Crippen LogP contribution in [0.15, 0.2) is 48.5 Å². The van der Waals surface area contributed by atoms with Crippen LogP contribution in [0, 0.1) is 0 Å². The van der Waals surface area contributed by atoms with Crippen LogP contribution >= 0.6 is 23.2 Å². The van der Waals surface area contributed by atoms with Gasteiger partial charge in [-0.1, -0.05) is 48.3 Å². The number of aryl methyl sites for hydroxylation is 1. The number of carbonyl (C=O) groups is 1. The molecule has 0 saturated carbocycles. The molecule has 0 aromatic heterocycles. The van der Waals surface area contributed by atoms with Crippen LogP contribution in [-0.2, 0) is 11.2 Å². The number of rotatable bonds is 7. The van der Waals surface area contributed by atoms with Crippen LogP contribution in [0.4, 0.5) is 0 Å². The van der Waals surface area contributed by atoms with Crippen LogP contribution in [0.1, 0.15) is 18.1 Å². The largest absolute Gasteiger partial charge is 0.492 e. The van der Waals surface area contributed by atoms with Crippen molar-refractivity contribution in [2.24, 2.45) is 0 Å². The summed E-state index contributed by atoms with van der Waals surface area (Å²) in [7, 11) is 0. The van der Waals surface area contributed by atoms with E-state index in [1.54, 1.807) is 24.3 Å². The third kappa shape index (κ3) is 5.91. The zero-order valence-corrected chi connectivity index (χ0v) is 14.9. The smallest absolute Gasteiger partial charge is 0.244 e. The maximum atomic E-state index is 11.8. The second kappa shape index (κ2) is 9.36. The second-order valence-corrected chi connectivity index (χ2v) is 5.98. The van der Waals surface area contributed by atoms with E-state index in [-0.39, 0.29) is 5.91 Å². The topological polar surface area (TPSA) is 38.3 Å². The van der Waals surface area contributed by atoms with E-state index in [4.69, 9.17) is 27.9 Å². The number of halogens is 2. The molecule has 24 heavy (non-hydrogen) atoms. The van der Waals surface area contributed by atoms with Crippen LogP contribution in [0.2, 0.25) is 10.0 Å². The van der Waals surface area contributed by atoms with Gasteiger partial charge in [0.15, 0.2) is 0 Å². The van der Waals surface area contributed by atoms with E-state index in [0.29, 0.717) is 23.2 Å². The van der Waals surface area contributed by atoms with E-state index >= 15 is 0 Å². The Morgan fingerprint density at radius 3 is 2.58 bits per heavy atom. The monoisotopic (exact) mass is 363 g/mol. The molecular weight excluding hydrogens is 345 g/mol. The lowest BCUT2D eigenvalue weighted by Crippen LogP contribution is -2.26. The molecule has 0 unspecified atom stereocenters.